The van der Waals surface area contributed by atoms with Gasteiger partial charge < -0.3 is 16.6 Å². The number of anilines is 1. The molecule has 30 heavy (non-hydrogen) atoms. The monoisotopic (exact) mass is 473 g/mol. The number of ketones is 1. The van der Waals surface area contributed by atoms with E-state index in [0.717, 1.165) is 12.6 Å². The summed E-state index contributed by atoms with van der Waals surface area (Å²) in [5, 5.41) is 10.7. The average Bonchev–Trinajstić information content (AvgIpc) is 2.70. The van der Waals surface area contributed by atoms with Gasteiger partial charge in [-0.1, -0.05) is 42.3 Å². The Hall–Kier alpha value is -1.94. The van der Waals surface area contributed by atoms with E-state index >= 15 is 0 Å². The number of rotatable bonds is 10. The van der Waals surface area contributed by atoms with Gasteiger partial charge in [0, 0.05) is 18.7 Å². The van der Waals surface area contributed by atoms with E-state index in [-0.39, 0.29) is 45.3 Å². The molecule has 3 atom stereocenters. The Balaban J connectivity index is 2.24. The number of benzene rings is 1. The number of allylic oxidation sites excluding steroid dienone is 2. The molecule has 0 aliphatic heterocycles. The van der Waals surface area contributed by atoms with Gasteiger partial charge in [0.1, 0.15) is 0 Å². The zero-order valence-corrected chi connectivity index (χ0v) is 18.8. The molecule has 8 nitrogen and oxygen atoms in total. The molecule has 0 saturated carbocycles. The number of Topliss-reactive ketones (excluding diaryl/α,β-unsaturated/α-hetero) is 1. The molecule has 0 bridgehead atoms. The maximum atomic E-state index is 13.1. The predicted molar refractivity (Wildman–Crippen MR) is 121 cm³/mol. The van der Waals surface area contributed by atoms with E-state index in [1.165, 1.54) is 18.3 Å². The molecule has 0 amide bonds. The van der Waals surface area contributed by atoms with Gasteiger partial charge in [-0.25, -0.2) is 13.1 Å². The lowest BCUT2D eigenvalue weighted by Gasteiger charge is -2.25. The van der Waals surface area contributed by atoms with Crippen LogP contribution in [0.3, 0.4) is 0 Å². The molecule has 0 aromatic heterocycles. The van der Waals surface area contributed by atoms with E-state index in [0.29, 0.717) is 12.3 Å². The van der Waals surface area contributed by atoms with Crippen LogP contribution in [-0.4, -0.2) is 39.2 Å². The first-order valence-electron chi connectivity index (χ1n) is 9.39. The van der Waals surface area contributed by atoms with Crippen molar-refractivity contribution >= 4 is 57.1 Å². The smallest absolute Gasteiger partial charge is 0.241 e. The van der Waals surface area contributed by atoms with Crippen molar-refractivity contribution in [3.8, 4) is 0 Å². The Labute approximate surface area is 186 Å². The van der Waals surface area contributed by atoms with Crippen molar-refractivity contribution < 1.29 is 13.2 Å². The first-order valence-corrected chi connectivity index (χ1v) is 11.6. The number of hydrazone groups is 1. The third kappa shape index (κ3) is 6.53. The highest BCUT2D eigenvalue weighted by Gasteiger charge is 2.31. The van der Waals surface area contributed by atoms with Crippen molar-refractivity contribution in [2.75, 3.05) is 12.3 Å². The first kappa shape index (κ1) is 24.3. The summed E-state index contributed by atoms with van der Waals surface area (Å²) in [6, 6.07) is 1.42. The van der Waals surface area contributed by atoms with E-state index in [1.54, 1.807) is 0 Å². The largest absolute Gasteiger partial charge is 0.396 e. The second kappa shape index (κ2) is 10.9. The topological polar surface area (TPSA) is 138 Å². The van der Waals surface area contributed by atoms with Crippen LogP contribution in [0.25, 0.3) is 0 Å². The molecule has 2 rings (SSSR count). The summed E-state index contributed by atoms with van der Waals surface area (Å²) in [5.74, 6) is -0.190. The molecule has 164 valence electrons. The number of carbonyl (C=O) groups excluding carboxylic acids is 1. The summed E-state index contributed by atoms with van der Waals surface area (Å²) in [7, 11) is -4.08. The summed E-state index contributed by atoms with van der Waals surface area (Å²) in [5.41, 5.74) is 8.45. The minimum absolute atomic E-state index is 0.0117. The molecule has 3 unspecified atom stereocenters. The molecule has 5 N–H and O–H groups in total. The number of nitrogens with zero attached hydrogens (tertiary/aromatic N) is 1. The summed E-state index contributed by atoms with van der Waals surface area (Å²) in [6.45, 7) is 2.30. The second-order valence-electron chi connectivity index (χ2n) is 7.06. The lowest BCUT2D eigenvalue weighted by atomic mass is 9.84. The average molecular weight is 474 g/mol. The maximum Gasteiger partial charge on any atom is 0.241 e. The standard InChI is InChI=1S/C19H25Cl2N5O3S/c1-12-2-4-13(5-3-12)19(27)17(6-8-24-25-9-7-22)26-30(28,29)14-10-15(20)18(23)16(21)11-14/h2,4,7,9-13,17,22,24,26H,3,5-6,8,23H2,1H3/b22-7?,25-9-. The van der Waals surface area contributed by atoms with Crippen molar-refractivity contribution in [3.63, 3.8) is 0 Å². The Bertz CT molecular complexity index is 926. The van der Waals surface area contributed by atoms with Crippen LogP contribution in [0.1, 0.15) is 26.2 Å². The zero-order chi connectivity index (χ0) is 22.3. The Kier molecular flexibility index (Phi) is 8.84. The van der Waals surface area contributed by atoms with Crippen molar-refractivity contribution in [1.82, 2.24) is 10.1 Å². The number of nitrogens with two attached hydrogens (primary N) is 1. The van der Waals surface area contributed by atoms with Crippen molar-refractivity contribution in [1.29, 1.82) is 5.41 Å². The quantitative estimate of drug-likeness (QED) is 0.136. The van der Waals surface area contributed by atoms with Gasteiger partial charge in [-0.2, -0.15) is 5.10 Å². The van der Waals surface area contributed by atoms with E-state index < -0.39 is 16.1 Å². The molecule has 0 spiro atoms. The summed E-state index contributed by atoms with van der Waals surface area (Å²) < 4.78 is 28.3. The minimum atomic E-state index is -4.08. The first-order chi connectivity index (χ1) is 14.2. The molecule has 0 heterocycles. The highest BCUT2D eigenvalue weighted by Crippen LogP contribution is 2.31. The minimum Gasteiger partial charge on any atom is -0.396 e. The van der Waals surface area contributed by atoms with E-state index in [2.05, 4.69) is 22.2 Å². The van der Waals surface area contributed by atoms with Crippen LogP contribution < -0.4 is 15.9 Å². The molecular formula is C19H25Cl2N5O3S. The highest BCUT2D eigenvalue weighted by molar-refractivity contribution is 7.89. The molecule has 0 fully saturated rings. The predicted octanol–water partition coefficient (Wildman–Crippen LogP) is 3.01. The number of nitrogen functional groups attached to an aromatic ring is 1. The van der Waals surface area contributed by atoms with Crippen molar-refractivity contribution in [3.05, 3.63) is 34.3 Å². The molecule has 0 radical (unpaired) electrons. The van der Waals surface area contributed by atoms with E-state index in [1.807, 2.05) is 12.2 Å². The van der Waals surface area contributed by atoms with Crippen LogP contribution in [0, 0.1) is 17.2 Å². The molecule has 1 aliphatic carbocycles. The number of carbonyl (C=O) groups is 1. The lowest BCUT2D eigenvalue weighted by molar-refractivity contribution is -0.123. The van der Waals surface area contributed by atoms with Gasteiger partial charge in [-0.05, 0) is 37.3 Å². The van der Waals surface area contributed by atoms with E-state index in [4.69, 9.17) is 34.3 Å². The third-order valence-corrected chi connectivity index (χ3v) is 6.84. The SMILES string of the molecule is CC1C=CC(C(=O)C(CCN/N=C\C=N)NS(=O)(=O)c2cc(Cl)c(N)c(Cl)c2)CC1. The Morgan fingerprint density at radius 1 is 1.33 bits per heavy atom. The van der Waals surface area contributed by atoms with Crippen LogP contribution >= 0.6 is 23.2 Å². The summed E-state index contributed by atoms with van der Waals surface area (Å²) in [4.78, 5) is 12.9. The van der Waals surface area contributed by atoms with Crippen LogP contribution in [0.5, 0.6) is 0 Å². The summed E-state index contributed by atoms with van der Waals surface area (Å²) in [6.07, 6.45) is 7.75. The Morgan fingerprint density at radius 3 is 2.57 bits per heavy atom. The second-order valence-corrected chi connectivity index (χ2v) is 9.59. The van der Waals surface area contributed by atoms with Gasteiger partial charge >= 0.3 is 0 Å². The van der Waals surface area contributed by atoms with Gasteiger partial charge in [0.15, 0.2) is 5.78 Å². The fourth-order valence-corrected chi connectivity index (χ4v) is 4.96. The van der Waals surface area contributed by atoms with Crippen molar-refractivity contribution in [2.45, 2.75) is 37.1 Å². The normalized spacial score (nSPS) is 20.2. The number of halogens is 2. The van der Waals surface area contributed by atoms with Gasteiger partial charge in [0.05, 0.1) is 32.9 Å². The van der Waals surface area contributed by atoms with Gasteiger partial charge in [-0.3, -0.25) is 4.79 Å². The molecule has 1 aromatic rings. The van der Waals surface area contributed by atoms with E-state index in [9.17, 15) is 13.2 Å². The third-order valence-electron chi connectivity index (χ3n) is 4.76. The van der Waals surface area contributed by atoms with Crippen LogP contribution in [0.2, 0.25) is 10.0 Å². The van der Waals surface area contributed by atoms with Crippen molar-refractivity contribution in [2.24, 2.45) is 16.9 Å². The van der Waals surface area contributed by atoms with Crippen LogP contribution in [-0.2, 0) is 14.8 Å². The number of sulfonamides is 1. The molecule has 0 saturated heterocycles. The fraction of sp³-hybridized carbons (Fsp3) is 0.421. The van der Waals surface area contributed by atoms with Gasteiger partial charge in [0.25, 0.3) is 0 Å². The highest BCUT2D eigenvalue weighted by atomic mass is 35.5. The van der Waals surface area contributed by atoms with Gasteiger partial charge in [0.2, 0.25) is 10.0 Å². The number of nitrogens with one attached hydrogen (secondary N) is 3. The van der Waals surface area contributed by atoms with Crippen LogP contribution in [0.15, 0.2) is 34.3 Å². The van der Waals surface area contributed by atoms with Gasteiger partial charge in [-0.15, -0.1) is 0 Å². The maximum absolute atomic E-state index is 13.1. The van der Waals surface area contributed by atoms with Crippen LogP contribution in [0.4, 0.5) is 5.69 Å². The fourth-order valence-electron chi connectivity index (χ4n) is 3.05. The molecule has 1 aliphatic rings. The molecule has 11 heteroatoms. The Morgan fingerprint density at radius 2 is 2.00 bits per heavy atom. The number of hydrogen-bond acceptors (Lipinski definition) is 7. The lowest BCUT2D eigenvalue weighted by Crippen LogP contribution is -2.45. The number of hydrogen-bond donors (Lipinski definition) is 4. The molecule has 1 aromatic carbocycles. The summed E-state index contributed by atoms with van der Waals surface area (Å²) >= 11 is 11.9. The molecular weight excluding hydrogens is 449 g/mol. The zero-order valence-electron chi connectivity index (χ0n) is 16.4.